The van der Waals surface area contributed by atoms with Crippen LogP contribution in [-0.2, 0) is 0 Å². The molecule has 0 radical (unpaired) electrons. The van der Waals surface area contributed by atoms with Gasteiger partial charge < -0.3 is 5.73 Å². The van der Waals surface area contributed by atoms with E-state index < -0.39 is 8.07 Å². The van der Waals surface area contributed by atoms with Gasteiger partial charge in [0.05, 0.1) is 8.07 Å². The normalized spacial score (nSPS) is 12.4. The third-order valence-electron chi connectivity index (χ3n) is 3.33. The molecule has 2 N–H and O–H groups in total. The van der Waals surface area contributed by atoms with E-state index in [0.29, 0.717) is 0 Å². The molecule has 0 unspecified atom stereocenters. The van der Waals surface area contributed by atoms with E-state index in [1.807, 2.05) is 11.3 Å². The standard InChI is InChI=1S/C15H17NSSi/c1-18(2,3)15-11(16)8-9-13-14(15)10-6-4-5-7-12(10)17-13/h4-9H,16H2,1-3H3. The second-order valence-electron chi connectivity index (χ2n) is 5.75. The van der Waals surface area contributed by atoms with Crippen LogP contribution in [0.1, 0.15) is 0 Å². The molecule has 0 aliphatic heterocycles. The van der Waals surface area contributed by atoms with E-state index in [2.05, 4.69) is 56.0 Å². The zero-order valence-corrected chi connectivity index (χ0v) is 12.8. The number of rotatable bonds is 1. The van der Waals surface area contributed by atoms with E-state index in [0.717, 1.165) is 5.69 Å². The van der Waals surface area contributed by atoms with E-state index >= 15 is 0 Å². The van der Waals surface area contributed by atoms with E-state index in [1.54, 1.807) is 0 Å². The van der Waals surface area contributed by atoms with Crippen LogP contribution in [0.3, 0.4) is 0 Å². The summed E-state index contributed by atoms with van der Waals surface area (Å²) in [5.74, 6) is 0. The summed E-state index contributed by atoms with van der Waals surface area (Å²) in [6, 6.07) is 12.9. The largest absolute Gasteiger partial charge is 0.399 e. The SMILES string of the molecule is C[Si](C)(C)c1c(N)ccc2sc3ccccc3c12. The summed E-state index contributed by atoms with van der Waals surface area (Å²) in [6.45, 7) is 7.10. The maximum Gasteiger partial charge on any atom is 0.0811 e. The second-order valence-corrected chi connectivity index (χ2v) is 11.8. The van der Waals surface area contributed by atoms with Crippen LogP contribution >= 0.6 is 11.3 Å². The first-order chi connectivity index (χ1) is 8.48. The highest BCUT2D eigenvalue weighted by molar-refractivity contribution is 7.26. The summed E-state index contributed by atoms with van der Waals surface area (Å²) in [5.41, 5.74) is 7.23. The van der Waals surface area contributed by atoms with Gasteiger partial charge >= 0.3 is 0 Å². The Morgan fingerprint density at radius 3 is 2.39 bits per heavy atom. The van der Waals surface area contributed by atoms with Crippen molar-refractivity contribution in [1.29, 1.82) is 0 Å². The molecule has 0 saturated heterocycles. The van der Waals surface area contributed by atoms with E-state index in [4.69, 9.17) is 5.73 Å². The second kappa shape index (κ2) is 3.83. The number of nitrogen functional groups attached to an aromatic ring is 1. The minimum Gasteiger partial charge on any atom is -0.399 e. The zero-order chi connectivity index (χ0) is 12.9. The molecular weight excluding hydrogens is 254 g/mol. The van der Waals surface area contributed by atoms with Crippen molar-refractivity contribution in [2.24, 2.45) is 0 Å². The molecule has 3 heteroatoms. The Hall–Kier alpha value is -1.32. The first kappa shape index (κ1) is 11.7. The quantitative estimate of drug-likeness (QED) is 0.521. The van der Waals surface area contributed by atoms with Crippen LogP contribution in [0.15, 0.2) is 36.4 Å². The van der Waals surface area contributed by atoms with Crippen LogP contribution in [0.4, 0.5) is 5.69 Å². The molecule has 1 aromatic heterocycles. The number of anilines is 1. The first-order valence-electron chi connectivity index (χ1n) is 6.18. The Bertz CT molecular complexity index is 737. The van der Waals surface area contributed by atoms with Crippen LogP contribution in [-0.4, -0.2) is 8.07 Å². The number of nitrogens with two attached hydrogens (primary N) is 1. The van der Waals surface area contributed by atoms with Gasteiger partial charge in [-0.25, -0.2) is 0 Å². The minimum atomic E-state index is -1.44. The third kappa shape index (κ3) is 1.66. The van der Waals surface area contributed by atoms with E-state index in [-0.39, 0.29) is 0 Å². The molecule has 3 aromatic rings. The Labute approximate surface area is 112 Å². The van der Waals surface area contributed by atoms with Crippen molar-refractivity contribution in [3.8, 4) is 0 Å². The Morgan fingerprint density at radius 1 is 0.944 bits per heavy atom. The minimum absolute atomic E-state index is 0.963. The summed E-state index contributed by atoms with van der Waals surface area (Å²) in [7, 11) is -1.44. The smallest absolute Gasteiger partial charge is 0.0811 e. The predicted octanol–water partition coefficient (Wildman–Crippen LogP) is 4.18. The molecule has 0 fully saturated rings. The molecule has 0 aliphatic carbocycles. The number of hydrogen-bond donors (Lipinski definition) is 1. The van der Waals surface area contributed by atoms with Crippen molar-refractivity contribution >= 4 is 50.5 Å². The highest BCUT2D eigenvalue weighted by Gasteiger charge is 2.24. The summed E-state index contributed by atoms with van der Waals surface area (Å²) >= 11 is 1.87. The molecule has 0 saturated carbocycles. The number of benzene rings is 2. The van der Waals surface area contributed by atoms with Gasteiger partial charge in [-0.15, -0.1) is 11.3 Å². The molecule has 2 aromatic carbocycles. The molecule has 1 heterocycles. The first-order valence-corrected chi connectivity index (χ1v) is 10.5. The van der Waals surface area contributed by atoms with Crippen molar-refractivity contribution in [1.82, 2.24) is 0 Å². The van der Waals surface area contributed by atoms with Gasteiger partial charge in [0.25, 0.3) is 0 Å². The molecule has 18 heavy (non-hydrogen) atoms. The monoisotopic (exact) mass is 271 g/mol. The fourth-order valence-electron chi connectivity index (χ4n) is 2.64. The summed E-state index contributed by atoms with van der Waals surface area (Å²) in [5, 5.41) is 4.18. The predicted molar refractivity (Wildman–Crippen MR) is 86.7 cm³/mol. The van der Waals surface area contributed by atoms with Gasteiger partial charge in [0.2, 0.25) is 0 Å². The van der Waals surface area contributed by atoms with Gasteiger partial charge in [0, 0.05) is 25.9 Å². The zero-order valence-electron chi connectivity index (χ0n) is 10.9. The lowest BCUT2D eigenvalue weighted by molar-refractivity contribution is 1.73. The highest BCUT2D eigenvalue weighted by Crippen LogP contribution is 2.34. The maximum atomic E-state index is 6.26. The summed E-state index contributed by atoms with van der Waals surface area (Å²) < 4.78 is 2.72. The lowest BCUT2D eigenvalue weighted by Crippen LogP contribution is -2.39. The van der Waals surface area contributed by atoms with Crippen LogP contribution < -0.4 is 10.9 Å². The van der Waals surface area contributed by atoms with Crippen molar-refractivity contribution in [3.63, 3.8) is 0 Å². The number of hydrogen-bond acceptors (Lipinski definition) is 2. The summed E-state index contributed by atoms with van der Waals surface area (Å²) in [4.78, 5) is 0. The molecule has 0 atom stereocenters. The van der Waals surface area contributed by atoms with Gasteiger partial charge in [-0.3, -0.25) is 0 Å². The molecule has 92 valence electrons. The number of thiophene rings is 1. The Balaban J connectivity index is 2.57. The third-order valence-corrected chi connectivity index (χ3v) is 6.50. The Morgan fingerprint density at radius 2 is 1.67 bits per heavy atom. The van der Waals surface area contributed by atoms with Gasteiger partial charge in [0.1, 0.15) is 0 Å². The number of fused-ring (bicyclic) bond motifs is 3. The fourth-order valence-corrected chi connectivity index (χ4v) is 5.81. The van der Waals surface area contributed by atoms with E-state index in [9.17, 15) is 0 Å². The van der Waals surface area contributed by atoms with Crippen molar-refractivity contribution in [2.75, 3.05) is 5.73 Å². The van der Waals surface area contributed by atoms with Crippen LogP contribution in [0.25, 0.3) is 20.2 Å². The van der Waals surface area contributed by atoms with Crippen molar-refractivity contribution < 1.29 is 0 Å². The van der Waals surface area contributed by atoms with Crippen LogP contribution in [0, 0.1) is 0 Å². The van der Waals surface area contributed by atoms with Gasteiger partial charge in [-0.2, -0.15) is 0 Å². The summed E-state index contributed by atoms with van der Waals surface area (Å²) in [6.07, 6.45) is 0. The topological polar surface area (TPSA) is 26.0 Å². The van der Waals surface area contributed by atoms with Crippen LogP contribution in [0.2, 0.25) is 19.6 Å². The van der Waals surface area contributed by atoms with Gasteiger partial charge in [0.15, 0.2) is 0 Å². The lowest BCUT2D eigenvalue weighted by atomic mass is 10.1. The van der Waals surface area contributed by atoms with E-state index in [1.165, 1.54) is 25.4 Å². The molecule has 0 spiro atoms. The lowest BCUT2D eigenvalue weighted by Gasteiger charge is -2.20. The molecular formula is C15H17NSSi. The average Bonchev–Trinajstić information content (AvgIpc) is 2.66. The molecule has 0 amide bonds. The highest BCUT2D eigenvalue weighted by atomic mass is 32.1. The Kier molecular flexibility index (Phi) is 2.50. The van der Waals surface area contributed by atoms with Crippen LogP contribution in [0.5, 0.6) is 0 Å². The fraction of sp³-hybridized carbons (Fsp3) is 0.200. The molecule has 0 aliphatic rings. The molecule has 1 nitrogen and oxygen atoms in total. The average molecular weight is 271 g/mol. The molecule has 3 rings (SSSR count). The van der Waals surface area contributed by atoms with Crippen molar-refractivity contribution in [2.45, 2.75) is 19.6 Å². The van der Waals surface area contributed by atoms with Crippen molar-refractivity contribution in [3.05, 3.63) is 36.4 Å². The maximum absolute atomic E-state index is 6.26. The van der Waals surface area contributed by atoms with Gasteiger partial charge in [-0.1, -0.05) is 37.8 Å². The molecule has 0 bridgehead atoms. The van der Waals surface area contributed by atoms with Gasteiger partial charge in [-0.05, 0) is 23.4 Å².